The smallest absolute Gasteiger partial charge is 0.408 e. The molecule has 1 aliphatic rings. The van der Waals surface area contributed by atoms with Crippen LogP contribution >= 0.6 is 0 Å². The molecule has 0 radical (unpaired) electrons. The number of amides is 2. The van der Waals surface area contributed by atoms with Crippen molar-refractivity contribution in [2.45, 2.75) is 38.8 Å². The molecule has 2 amide bonds. The van der Waals surface area contributed by atoms with Crippen molar-refractivity contribution in [3.05, 3.63) is 0 Å². The third-order valence-electron chi connectivity index (χ3n) is 2.12. The zero-order valence-electron chi connectivity index (χ0n) is 9.66. The SMILES string of the molecule is CN1CCC(NC(=O)OC(C)(C)C)C1=O. The van der Waals surface area contributed by atoms with Crippen molar-refractivity contribution in [1.29, 1.82) is 0 Å². The van der Waals surface area contributed by atoms with Gasteiger partial charge in [-0.05, 0) is 27.2 Å². The molecule has 0 aliphatic carbocycles. The molecule has 86 valence electrons. The first-order valence-electron chi connectivity index (χ1n) is 5.04. The van der Waals surface area contributed by atoms with Gasteiger partial charge in [-0.2, -0.15) is 0 Å². The number of alkyl carbamates (subject to hydrolysis) is 1. The maximum absolute atomic E-state index is 11.5. The average molecular weight is 214 g/mol. The Labute approximate surface area is 89.8 Å². The summed E-state index contributed by atoms with van der Waals surface area (Å²) in [5.41, 5.74) is -0.530. The summed E-state index contributed by atoms with van der Waals surface area (Å²) < 4.78 is 5.06. The zero-order valence-corrected chi connectivity index (χ0v) is 9.66. The van der Waals surface area contributed by atoms with Gasteiger partial charge in [-0.15, -0.1) is 0 Å². The normalized spacial score (nSPS) is 21.7. The summed E-state index contributed by atoms with van der Waals surface area (Å²) in [7, 11) is 1.72. The summed E-state index contributed by atoms with van der Waals surface area (Å²) in [5.74, 6) is -0.0548. The fourth-order valence-electron chi connectivity index (χ4n) is 1.41. The highest BCUT2D eigenvalue weighted by Gasteiger charge is 2.31. The minimum absolute atomic E-state index is 0.0548. The Hall–Kier alpha value is -1.26. The van der Waals surface area contributed by atoms with Gasteiger partial charge < -0.3 is 15.0 Å². The second kappa shape index (κ2) is 4.08. The maximum atomic E-state index is 11.5. The van der Waals surface area contributed by atoms with E-state index >= 15 is 0 Å². The maximum Gasteiger partial charge on any atom is 0.408 e. The van der Waals surface area contributed by atoms with Crippen molar-refractivity contribution < 1.29 is 14.3 Å². The first-order valence-corrected chi connectivity index (χ1v) is 5.04. The molecule has 1 heterocycles. The second-order valence-corrected chi connectivity index (χ2v) is 4.75. The number of carbonyl (C=O) groups is 2. The summed E-state index contributed by atoms with van der Waals surface area (Å²) >= 11 is 0. The number of nitrogens with zero attached hydrogens (tertiary/aromatic N) is 1. The molecular formula is C10H18N2O3. The molecule has 5 heteroatoms. The van der Waals surface area contributed by atoms with Crippen LogP contribution in [-0.2, 0) is 9.53 Å². The van der Waals surface area contributed by atoms with Crippen LogP contribution in [0, 0.1) is 0 Å². The number of likely N-dealkylation sites (N-methyl/N-ethyl adjacent to an activating group) is 1. The summed E-state index contributed by atoms with van der Waals surface area (Å²) in [6.07, 6.45) is 0.116. The largest absolute Gasteiger partial charge is 0.444 e. The van der Waals surface area contributed by atoms with E-state index in [9.17, 15) is 9.59 Å². The number of nitrogens with one attached hydrogen (secondary N) is 1. The van der Waals surface area contributed by atoms with E-state index in [1.165, 1.54) is 0 Å². The molecule has 0 bridgehead atoms. The predicted molar refractivity (Wildman–Crippen MR) is 55.4 cm³/mol. The topological polar surface area (TPSA) is 58.6 Å². The molecule has 1 atom stereocenters. The van der Waals surface area contributed by atoms with Crippen molar-refractivity contribution in [1.82, 2.24) is 10.2 Å². The molecule has 0 spiro atoms. The number of hydrogen-bond donors (Lipinski definition) is 1. The van der Waals surface area contributed by atoms with Crippen LogP contribution < -0.4 is 5.32 Å². The lowest BCUT2D eigenvalue weighted by molar-refractivity contribution is -0.128. The summed E-state index contributed by atoms with van der Waals surface area (Å²) in [6.45, 7) is 6.04. The van der Waals surface area contributed by atoms with Gasteiger partial charge in [0.1, 0.15) is 11.6 Å². The first-order chi connectivity index (χ1) is 6.79. The fourth-order valence-corrected chi connectivity index (χ4v) is 1.41. The third-order valence-corrected chi connectivity index (χ3v) is 2.12. The molecule has 1 N–H and O–H groups in total. The van der Waals surface area contributed by atoms with E-state index in [-0.39, 0.29) is 5.91 Å². The van der Waals surface area contributed by atoms with Crippen LogP contribution in [0.3, 0.4) is 0 Å². The van der Waals surface area contributed by atoms with Gasteiger partial charge in [0.15, 0.2) is 0 Å². The Kier molecular flexibility index (Phi) is 3.21. The minimum atomic E-state index is -0.531. The molecule has 1 fully saturated rings. The van der Waals surface area contributed by atoms with Gasteiger partial charge >= 0.3 is 6.09 Å². The standard InChI is InChI=1S/C10H18N2O3/c1-10(2,3)15-9(14)11-7-5-6-12(4)8(7)13/h7H,5-6H2,1-4H3,(H,11,14). The zero-order chi connectivity index (χ0) is 11.6. The van der Waals surface area contributed by atoms with Gasteiger partial charge in [0.05, 0.1) is 0 Å². The van der Waals surface area contributed by atoms with Crippen molar-refractivity contribution in [3.8, 4) is 0 Å². The molecule has 5 nitrogen and oxygen atoms in total. The Morgan fingerprint density at radius 2 is 2.13 bits per heavy atom. The van der Waals surface area contributed by atoms with Crippen LogP contribution in [0.1, 0.15) is 27.2 Å². The molecule has 0 aromatic carbocycles. The molecule has 1 aliphatic heterocycles. The van der Waals surface area contributed by atoms with E-state index in [1.54, 1.807) is 32.7 Å². The molecule has 1 saturated heterocycles. The lowest BCUT2D eigenvalue weighted by Crippen LogP contribution is -2.43. The lowest BCUT2D eigenvalue weighted by Gasteiger charge is -2.21. The molecule has 0 aromatic heterocycles. The molecule has 1 rings (SSSR count). The highest BCUT2D eigenvalue weighted by molar-refractivity contribution is 5.87. The number of carbonyl (C=O) groups excluding carboxylic acids is 2. The Balaban J connectivity index is 2.43. The van der Waals surface area contributed by atoms with Crippen LogP contribution in [0.5, 0.6) is 0 Å². The van der Waals surface area contributed by atoms with Gasteiger partial charge in [-0.3, -0.25) is 4.79 Å². The summed E-state index contributed by atoms with van der Waals surface area (Å²) in [4.78, 5) is 24.4. The molecule has 15 heavy (non-hydrogen) atoms. The fraction of sp³-hybridized carbons (Fsp3) is 0.800. The minimum Gasteiger partial charge on any atom is -0.444 e. The van der Waals surface area contributed by atoms with Crippen LogP contribution in [0.25, 0.3) is 0 Å². The third kappa shape index (κ3) is 3.42. The molecule has 1 unspecified atom stereocenters. The van der Waals surface area contributed by atoms with E-state index < -0.39 is 17.7 Å². The van der Waals surface area contributed by atoms with E-state index in [1.807, 2.05) is 0 Å². The van der Waals surface area contributed by atoms with Crippen LogP contribution in [0.2, 0.25) is 0 Å². The predicted octanol–water partition coefficient (Wildman–Crippen LogP) is 0.742. The van der Waals surface area contributed by atoms with Crippen molar-refractivity contribution >= 4 is 12.0 Å². The van der Waals surface area contributed by atoms with Gasteiger partial charge in [0.25, 0.3) is 0 Å². The lowest BCUT2D eigenvalue weighted by atomic mass is 10.2. The van der Waals surface area contributed by atoms with Crippen molar-refractivity contribution in [2.75, 3.05) is 13.6 Å². The Morgan fingerprint density at radius 3 is 2.53 bits per heavy atom. The van der Waals surface area contributed by atoms with Crippen LogP contribution in [0.15, 0.2) is 0 Å². The van der Waals surface area contributed by atoms with E-state index in [4.69, 9.17) is 4.74 Å². The number of ether oxygens (including phenoxy) is 1. The quantitative estimate of drug-likeness (QED) is 0.700. The van der Waals surface area contributed by atoms with Crippen molar-refractivity contribution in [3.63, 3.8) is 0 Å². The number of rotatable bonds is 1. The monoisotopic (exact) mass is 214 g/mol. The Bertz CT molecular complexity index is 270. The number of hydrogen-bond acceptors (Lipinski definition) is 3. The van der Waals surface area contributed by atoms with E-state index in [0.717, 1.165) is 0 Å². The van der Waals surface area contributed by atoms with E-state index in [0.29, 0.717) is 13.0 Å². The number of likely N-dealkylation sites (tertiary alicyclic amines) is 1. The first kappa shape index (κ1) is 11.8. The van der Waals surface area contributed by atoms with Crippen LogP contribution in [0.4, 0.5) is 4.79 Å². The highest BCUT2D eigenvalue weighted by Crippen LogP contribution is 2.11. The molecule has 0 saturated carbocycles. The van der Waals surface area contributed by atoms with E-state index in [2.05, 4.69) is 5.32 Å². The molecular weight excluding hydrogens is 196 g/mol. The van der Waals surface area contributed by atoms with Gasteiger partial charge in [0.2, 0.25) is 5.91 Å². The van der Waals surface area contributed by atoms with Crippen LogP contribution in [-0.4, -0.2) is 42.1 Å². The summed E-state index contributed by atoms with van der Waals surface area (Å²) in [5, 5.41) is 2.56. The molecule has 0 aromatic rings. The van der Waals surface area contributed by atoms with Gasteiger partial charge in [0, 0.05) is 13.6 Å². The van der Waals surface area contributed by atoms with Gasteiger partial charge in [-0.25, -0.2) is 4.79 Å². The average Bonchev–Trinajstić information content (AvgIpc) is 2.32. The van der Waals surface area contributed by atoms with Crippen molar-refractivity contribution in [2.24, 2.45) is 0 Å². The highest BCUT2D eigenvalue weighted by atomic mass is 16.6. The second-order valence-electron chi connectivity index (χ2n) is 4.75. The Morgan fingerprint density at radius 1 is 1.53 bits per heavy atom. The van der Waals surface area contributed by atoms with Gasteiger partial charge in [-0.1, -0.05) is 0 Å². The summed E-state index contributed by atoms with van der Waals surface area (Å²) in [6, 6.07) is -0.426.